The van der Waals surface area contributed by atoms with E-state index in [9.17, 15) is 24.5 Å². The van der Waals surface area contributed by atoms with Gasteiger partial charge < -0.3 is 9.47 Å². The summed E-state index contributed by atoms with van der Waals surface area (Å²) in [4.78, 5) is 46.6. The number of nitro groups is 1. The summed E-state index contributed by atoms with van der Waals surface area (Å²) in [6, 6.07) is 19.5. The maximum Gasteiger partial charge on any atom is 0.345 e. The van der Waals surface area contributed by atoms with Crippen molar-refractivity contribution in [2.75, 3.05) is 6.61 Å². The van der Waals surface area contributed by atoms with Gasteiger partial charge in [0.2, 0.25) is 0 Å². The number of hydrogen-bond acceptors (Lipinski definition) is 7. The summed E-state index contributed by atoms with van der Waals surface area (Å²) in [7, 11) is 0. The van der Waals surface area contributed by atoms with Crippen molar-refractivity contribution >= 4 is 23.4 Å². The highest BCUT2D eigenvalue weighted by Gasteiger charge is 2.21. The lowest BCUT2D eigenvalue weighted by molar-refractivity contribution is -0.385. The van der Waals surface area contributed by atoms with Crippen LogP contribution in [0.1, 0.15) is 31.1 Å². The Bertz CT molecular complexity index is 1090. The fourth-order valence-corrected chi connectivity index (χ4v) is 2.55. The third-order valence-electron chi connectivity index (χ3n) is 4.05. The lowest BCUT2D eigenvalue weighted by Gasteiger charge is -2.07. The second-order valence-electron chi connectivity index (χ2n) is 6.05. The van der Waals surface area contributed by atoms with E-state index in [1.165, 1.54) is 48.5 Å². The van der Waals surface area contributed by atoms with Crippen LogP contribution in [0.3, 0.4) is 0 Å². The maximum atomic E-state index is 12.2. The summed E-state index contributed by atoms with van der Waals surface area (Å²) in [6.07, 6.45) is 0. The molecular formula is C22H15NO7. The van der Waals surface area contributed by atoms with E-state index in [-0.39, 0.29) is 16.9 Å². The van der Waals surface area contributed by atoms with E-state index in [4.69, 9.17) is 9.47 Å². The van der Waals surface area contributed by atoms with Crippen LogP contribution in [-0.2, 0) is 4.74 Å². The molecule has 150 valence electrons. The fraction of sp³-hybridized carbons (Fsp3) is 0.0455. The van der Waals surface area contributed by atoms with Gasteiger partial charge in [-0.2, -0.15) is 0 Å². The molecule has 0 N–H and O–H groups in total. The predicted octanol–water partition coefficient (Wildman–Crippen LogP) is 3.85. The van der Waals surface area contributed by atoms with Gasteiger partial charge in [-0.15, -0.1) is 0 Å². The summed E-state index contributed by atoms with van der Waals surface area (Å²) < 4.78 is 10.1. The number of esters is 2. The van der Waals surface area contributed by atoms with E-state index in [0.717, 1.165) is 0 Å². The quantitative estimate of drug-likeness (QED) is 0.193. The van der Waals surface area contributed by atoms with Crippen molar-refractivity contribution in [2.45, 2.75) is 0 Å². The Hall–Kier alpha value is -4.33. The molecule has 0 aliphatic heterocycles. The Balaban J connectivity index is 1.59. The molecule has 0 saturated heterocycles. The molecule has 0 aromatic heterocycles. The third-order valence-corrected chi connectivity index (χ3v) is 4.05. The minimum atomic E-state index is -0.968. The number of ketones is 1. The fourth-order valence-electron chi connectivity index (χ4n) is 2.55. The molecule has 3 rings (SSSR count). The molecule has 0 fully saturated rings. The van der Waals surface area contributed by atoms with Gasteiger partial charge in [0.1, 0.15) is 11.3 Å². The Morgan fingerprint density at radius 2 is 1.40 bits per heavy atom. The maximum absolute atomic E-state index is 12.2. The van der Waals surface area contributed by atoms with Crippen molar-refractivity contribution in [1.82, 2.24) is 0 Å². The van der Waals surface area contributed by atoms with E-state index in [2.05, 4.69) is 0 Å². The molecule has 0 saturated carbocycles. The monoisotopic (exact) mass is 405 g/mol. The largest absolute Gasteiger partial charge is 0.454 e. The number of para-hydroxylation sites is 1. The molecule has 0 amide bonds. The molecule has 0 heterocycles. The zero-order valence-corrected chi connectivity index (χ0v) is 15.5. The van der Waals surface area contributed by atoms with Gasteiger partial charge >= 0.3 is 11.9 Å². The van der Waals surface area contributed by atoms with Crippen molar-refractivity contribution in [3.63, 3.8) is 0 Å². The molecule has 0 atom stereocenters. The van der Waals surface area contributed by atoms with Crippen LogP contribution in [0.15, 0.2) is 78.9 Å². The lowest BCUT2D eigenvalue weighted by atomic mass is 10.1. The second kappa shape index (κ2) is 9.24. The highest BCUT2D eigenvalue weighted by Crippen LogP contribution is 2.19. The SMILES string of the molecule is O=C(COC(=O)c1ccccc1[N+](=O)[O-])c1ccc(OC(=O)c2ccccc2)cc1. The van der Waals surface area contributed by atoms with Gasteiger partial charge in [-0.1, -0.05) is 30.3 Å². The zero-order valence-electron chi connectivity index (χ0n) is 15.5. The highest BCUT2D eigenvalue weighted by atomic mass is 16.6. The molecule has 8 nitrogen and oxygen atoms in total. The van der Waals surface area contributed by atoms with Crippen LogP contribution in [0.5, 0.6) is 5.75 Å². The van der Waals surface area contributed by atoms with Gasteiger partial charge in [-0.3, -0.25) is 14.9 Å². The molecule has 3 aromatic carbocycles. The molecule has 0 bridgehead atoms. The number of Topliss-reactive ketones (excluding diaryl/α,β-unsaturated/α-hetero) is 1. The lowest BCUT2D eigenvalue weighted by Crippen LogP contribution is -2.15. The zero-order chi connectivity index (χ0) is 21.5. The second-order valence-corrected chi connectivity index (χ2v) is 6.05. The Morgan fingerprint density at radius 3 is 2.07 bits per heavy atom. The van der Waals surface area contributed by atoms with Gasteiger partial charge in [0.25, 0.3) is 5.69 Å². The smallest absolute Gasteiger partial charge is 0.345 e. The van der Waals surface area contributed by atoms with Gasteiger partial charge in [0.05, 0.1) is 10.5 Å². The van der Waals surface area contributed by atoms with Crippen molar-refractivity contribution in [3.8, 4) is 5.75 Å². The topological polar surface area (TPSA) is 113 Å². The summed E-state index contributed by atoms with van der Waals surface area (Å²) >= 11 is 0. The highest BCUT2D eigenvalue weighted by molar-refractivity contribution is 6.00. The standard InChI is InChI=1S/C22H15NO7/c24-20(14-29-22(26)18-8-4-5-9-19(18)23(27)28)15-10-12-17(13-11-15)30-21(25)16-6-2-1-3-7-16/h1-13H,14H2. The van der Waals surface area contributed by atoms with E-state index in [1.807, 2.05) is 0 Å². The van der Waals surface area contributed by atoms with Crippen LogP contribution < -0.4 is 4.74 Å². The van der Waals surface area contributed by atoms with Crippen LogP contribution in [0.25, 0.3) is 0 Å². The molecule has 0 radical (unpaired) electrons. The van der Waals surface area contributed by atoms with Crippen LogP contribution in [0.2, 0.25) is 0 Å². The normalized spacial score (nSPS) is 10.1. The van der Waals surface area contributed by atoms with Crippen LogP contribution in [0.4, 0.5) is 5.69 Å². The predicted molar refractivity (Wildman–Crippen MR) is 106 cm³/mol. The molecule has 30 heavy (non-hydrogen) atoms. The molecule has 8 heteroatoms. The minimum Gasteiger partial charge on any atom is -0.454 e. The minimum absolute atomic E-state index is 0.227. The number of benzene rings is 3. The first-order valence-corrected chi connectivity index (χ1v) is 8.77. The Kier molecular flexibility index (Phi) is 6.29. The van der Waals surface area contributed by atoms with E-state index in [1.54, 1.807) is 30.3 Å². The number of carbonyl (C=O) groups is 3. The Labute approximate surface area is 170 Å². The number of nitro benzene ring substituents is 1. The van der Waals surface area contributed by atoms with Crippen molar-refractivity contribution in [1.29, 1.82) is 0 Å². The summed E-state index contributed by atoms with van der Waals surface area (Å²) in [5.74, 6) is -1.77. The van der Waals surface area contributed by atoms with Crippen molar-refractivity contribution in [3.05, 3.63) is 106 Å². The number of hydrogen-bond donors (Lipinski definition) is 0. The molecule has 0 aliphatic rings. The molecule has 0 spiro atoms. The molecule has 0 unspecified atom stereocenters. The molecule has 0 aliphatic carbocycles. The average molecular weight is 405 g/mol. The first kappa shape index (κ1) is 20.4. The van der Waals surface area contributed by atoms with E-state index >= 15 is 0 Å². The van der Waals surface area contributed by atoms with Gasteiger partial charge in [-0.25, -0.2) is 9.59 Å². The summed E-state index contributed by atoms with van der Waals surface area (Å²) in [6.45, 7) is -0.589. The van der Waals surface area contributed by atoms with Gasteiger partial charge in [0, 0.05) is 11.6 Å². The number of nitrogens with zero attached hydrogens (tertiary/aromatic N) is 1. The van der Waals surface area contributed by atoms with Crippen LogP contribution in [0, 0.1) is 10.1 Å². The first-order chi connectivity index (χ1) is 14.5. The van der Waals surface area contributed by atoms with Crippen LogP contribution >= 0.6 is 0 Å². The third kappa shape index (κ3) is 4.93. The average Bonchev–Trinajstić information content (AvgIpc) is 2.78. The van der Waals surface area contributed by atoms with Crippen molar-refractivity contribution < 1.29 is 28.8 Å². The van der Waals surface area contributed by atoms with E-state index < -0.39 is 34.9 Å². The Morgan fingerprint density at radius 1 is 0.767 bits per heavy atom. The number of carbonyl (C=O) groups excluding carboxylic acids is 3. The summed E-state index contributed by atoms with van der Waals surface area (Å²) in [5, 5.41) is 11.0. The van der Waals surface area contributed by atoms with Crippen molar-refractivity contribution in [2.24, 2.45) is 0 Å². The summed E-state index contributed by atoms with van der Waals surface area (Å²) in [5.41, 5.74) is -0.0255. The molecule has 3 aromatic rings. The first-order valence-electron chi connectivity index (χ1n) is 8.77. The number of rotatable bonds is 7. The number of ether oxygens (including phenoxy) is 2. The molecular weight excluding hydrogens is 390 g/mol. The van der Waals surface area contributed by atoms with Gasteiger partial charge in [-0.05, 0) is 42.5 Å². The van der Waals surface area contributed by atoms with Crippen LogP contribution in [-0.4, -0.2) is 29.3 Å². The van der Waals surface area contributed by atoms with Gasteiger partial charge in [0.15, 0.2) is 12.4 Å². The van der Waals surface area contributed by atoms with E-state index in [0.29, 0.717) is 5.56 Å².